The smallest absolute Gasteiger partial charge is 0.152 e. The van der Waals surface area contributed by atoms with Crippen molar-refractivity contribution in [2.75, 3.05) is 18.2 Å². The highest BCUT2D eigenvalue weighted by Crippen LogP contribution is 2.37. The van der Waals surface area contributed by atoms with E-state index in [1.807, 2.05) is 0 Å². The van der Waals surface area contributed by atoms with Crippen LogP contribution in [0.5, 0.6) is 0 Å². The minimum absolute atomic E-state index is 0.229. The van der Waals surface area contributed by atoms with Crippen LogP contribution in [0.2, 0.25) is 0 Å². The molecule has 1 saturated carbocycles. The highest BCUT2D eigenvalue weighted by atomic mass is 32.2. The van der Waals surface area contributed by atoms with Crippen molar-refractivity contribution in [2.45, 2.75) is 30.1 Å². The number of nitrogens with one attached hydrogen (secondary N) is 1. The van der Waals surface area contributed by atoms with E-state index >= 15 is 0 Å². The lowest BCUT2D eigenvalue weighted by Gasteiger charge is -2.34. The molecule has 0 bridgehead atoms. The largest absolute Gasteiger partial charge is 0.394 e. The number of halogens is 1. The van der Waals surface area contributed by atoms with Crippen molar-refractivity contribution in [3.8, 4) is 0 Å². The minimum Gasteiger partial charge on any atom is -0.394 e. The summed E-state index contributed by atoms with van der Waals surface area (Å²) in [6, 6.07) is 6.08. The van der Waals surface area contributed by atoms with Crippen molar-refractivity contribution in [1.29, 1.82) is 0 Å². The van der Waals surface area contributed by atoms with E-state index in [0.717, 1.165) is 6.26 Å². The van der Waals surface area contributed by atoms with Crippen LogP contribution in [0, 0.1) is 5.82 Å². The van der Waals surface area contributed by atoms with E-state index in [0.29, 0.717) is 19.3 Å². The quantitative estimate of drug-likeness (QED) is 0.882. The molecule has 4 nitrogen and oxygen atoms in total. The van der Waals surface area contributed by atoms with Crippen LogP contribution in [-0.2, 0) is 9.84 Å². The van der Waals surface area contributed by atoms with Gasteiger partial charge in [-0.05, 0) is 31.4 Å². The van der Waals surface area contributed by atoms with E-state index in [2.05, 4.69) is 5.32 Å². The zero-order valence-electron chi connectivity index (χ0n) is 10.8. The molecule has 1 aromatic carbocycles. The molecule has 0 heterocycles. The number of benzene rings is 1. The molecule has 1 aromatic rings. The lowest BCUT2D eigenvalue weighted by molar-refractivity contribution is 0.215. The Labute approximate surface area is 112 Å². The maximum absolute atomic E-state index is 13.7. The summed E-state index contributed by atoms with van der Waals surface area (Å²) in [7, 11) is -3.30. The predicted molar refractivity (Wildman–Crippen MR) is 72.3 cm³/mol. The van der Waals surface area contributed by atoms with Gasteiger partial charge in [-0.15, -0.1) is 0 Å². The number of anilines is 1. The number of rotatable bonds is 4. The molecule has 0 aliphatic heterocycles. The van der Waals surface area contributed by atoms with E-state index in [9.17, 15) is 17.9 Å². The van der Waals surface area contributed by atoms with Gasteiger partial charge in [0.05, 0.1) is 23.1 Å². The molecule has 0 radical (unpaired) electrons. The number of hydrogen-bond acceptors (Lipinski definition) is 4. The molecular formula is C13H18FNO3S. The molecule has 2 N–H and O–H groups in total. The van der Waals surface area contributed by atoms with Crippen LogP contribution in [0.1, 0.15) is 19.3 Å². The van der Waals surface area contributed by atoms with Crippen LogP contribution in [0.15, 0.2) is 24.3 Å². The number of para-hydroxylation sites is 1. The minimum atomic E-state index is -3.30. The third-order valence-electron chi connectivity index (χ3n) is 3.76. The van der Waals surface area contributed by atoms with E-state index in [1.54, 1.807) is 18.2 Å². The molecule has 1 aliphatic carbocycles. The Bertz CT molecular complexity index is 561. The van der Waals surface area contributed by atoms with Crippen LogP contribution in [-0.4, -0.2) is 37.2 Å². The molecule has 19 heavy (non-hydrogen) atoms. The maximum Gasteiger partial charge on any atom is 0.152 e. The molecule has 2 unspecified atom stereocenters. The number of hydrogen-bond donors (Lipinski definition) is 2. The second-order valence-electron chi connectivity index (χ2n) is 5.13. The van der Waals surface area contributed by atoms with E-state index in [-0.39, 0.29) is 12.3 Å². The van der Waals surface area contributed by atoms with Gasteiger partial charge in [0.15, 0.2) is 9.84 Å². The maximum atomic E-state index is 13.7. The zero-order valence-corrected chi connectivity index (χ0v) is 11.6. The number of aliphatic hydroxyl groups is 1. The van der Waals surface area contributed by atoms with Gasteiger partial charge in [0, 0.05) is 6.26 Å². The Hall–Kier alpha value is -1.14. The average molecular weight is 287 g/mol. The van der Waals surface area contributed by atoms with Gasteiger partial charge in [0.1, 0.15) is 5.82 Å². The first-order valence-electron chi connectivity index (χ1n) is 6.21. The number of aliphatic hydroxyl groups excluding tert-OH is 1. The van der Waals surface area contributed by atoms with Crippen molar-refractivity contribution in [2.24, 2.45) is 0 Å². The molecule has 6 heteroatoms. The van der Waals surface area contributed by atoms with Gasteiger partial charge in [0.2, 0.25) is 0 Å². The molecule has 0 amide bonds. The van der Waals surface area contributed by atoms with Crippen molar-refractivity contribution in [1.82, 2.24) is 0 Å². The average Bonchev–Trinajstić information content (AvgIpc) is 2.76. The second-order valence-corrected chi connectivity index (χ2v) is 7.36. The summed E-state index contributed by atoms with van der Waals surface area (Å²) in [6.07, 6.45) is 2.85. The monoisotopic (exact) mass is 287 g/mol. The van der Waals surface area contributed by atoms with Gasteiger partial charge in [-0.2, -0.15) is 0 Å². The third-order valence-corrected chi connectivity index (χ3v) is 5.48. The fraction of sp³-hybridized carbons (Fsp3) is 0.538. The second kappa shape index (κ2) is 5.09. The van der Waals surface area contributed by atoms with Crippen molar-refractivity contribution >= 4 is 15.5 Å². The van der Waals surface area contributed by atoms with Crippen LogP contribution in [0.25, 0.3) is 0 Å². The van der Waals surface area contributed by atoms with Gasteiger partial charge in [-0.3, -0.25) is 0 Å². The Morgan fingerprint density at radius 3 is 2.74 bits per heavy atom. The zero-order chi connectivity index (χ0) is 14.1. The van der Waals surface area contributed by atoms with Gasteiger partial charge < -0.3 is 10.4 Å². The van der Waals surface area contributed by atoms with Crippen molar-refractivity contribution in [3.63, 3.8) is 0 Å². The predicted octanol–water partition coefficient (Wildman–Crippen LogP) is 1.57. The Balaban J connectivity index is 2.36. The van der Waals surface area contributed by atoms with Gasteiger partial charge in [0.25, 0.3) is 0 Å². The molecule has 0 spiro atoms. The highest BCUT2D eigenvalue weighted by Gasteiger charge is 2.48. The fourth-order valence-electron chi connectivity index (χ4n) is 2.86. The van der Waals surface area contributed by atoms with Crippen LogP contribution >= 0.6 is 0 Å². The van der Waals surface area contributed by atoms with Crippen LogP contribution in [0.4, 0.5) is 10.1 Å². The molecule has 0 aromatic heterocycles. The molecule has 1 fully saturated rings. The van der Waals surface area contributed by atoms with Gasteiger partial charge in [-0.25, -0.2) is 12.8 Å². The van der Waals surface area contributed by atoms with Crippen LogP contribution < -0.4 is 5.32 Å². The van der Waals surface area contributed by atoms with Crippen molar-refractivity contribution in [3.05, 3.63) is 30.1 Å². The third kappa shape index (κ3) is 2.74. The summed E-state index contributed by atoms with van der Waals surface area (Å²) in [6.45, 7) is -0.334. The molecule has 1 aliphatic rings. The number of sulfone groups is 1. The van der Waals surface area contributed by atoms with E-state index < -0.39 is 26.4 Å². The van der Waals surface area contributed by atoms with Gasteiger partial charge >= 0.3 is 0 Å². The summed E-state index contributed by atoms with van der Waals surface area (Å²) >= 11 is 0. The molecule has 2 atom stereocenters. The van der Waals surface area contributed by atoms with Crippen LogP contribution in [0.3, 0.4) is 0 Å². The normalized spacial score (nSPS) is 27.4. The lowest BCUT2D eigenvalue weighted by Crippen LogP contribution is -2.52. The summed E-state index contributed by atoms with van der Waals surface area (Å²) in [5.74, 6) is -0.450. The first-order valence-corrected chi connectivity index (χ1v) is 8.17. The Morgan fingerprint density at radius 2 is 2.16 bits per heavy atom. The topological polar surface area (TPSA) is 66.4 Å². The van der Waals surface area contributed by atoms with Crippen molar-refractivity contribution < 1.29 is 17.9 Å². The summed E-state index contributed by atoms with van der Waals surface area (Å²) in [5.41, 5.74) is -0.762. The lowest BCUT2D eigenvalue weighted by atomic mass is 9.97. The van der Waals surface area contributed by atoms with E-state index in [4.69, 9.17) is 0 Å². The SMILES string of the molecule is CS(=O)(=O)C1CCCC1(CO)Nc1ccccc1F. The standard InChI is InChI=1S/C13H18FNO3S/c1-19(17,18)12-7-4-8-13(12,9-16)15-11-6-3-2-5-10(11)14/h2-3,5-6,12,15-16H,4,7-9H2,1H3. The summed E-state index contributed by atoms with van der Waals surface area (Å²) < 4.78 is 37.4. The molecule has 106 valence electrons. The summed E-state index contributed by atoms with van der Waals surface area (Å²) in [5, 5.41) is 11.9. The molecular weight excluding hydrogens is 269 g/mol. The summed E-state index contributed by atoms with van der Waals surface area (Å²) in [4.78, 5) is 0. The first kappa shape index (κ1) is 14.3. The molecule has 2 rings (SSSR count). The molecule has 0 saturated heterocycles. The fourth-order valence-corrected chi connectivity index (χ4v) is 4.52. The Morgan fingerprint density at radius 1 is 1.47 bits per heavy atom. The van der Waals surface area contributed by atoms with E-state index in [1.165, 1.54) is 6.07 Å². The first-order chi connectivity index (χ1) is 8.89. The highest BCUT2D eigenvalue weighted by molar-refractivity contribution is 7.91. The van der Waals surface area contributed by atoms with Gasteiger partial charge in [-0.1, -0.05) is 12.1 Å². The Kier molecular flexibility index (Phi) is 3.82.